The maximum atomic E-state index is 12.4. The van der Waals surface area contributed by atoms with E-state index in [1.807, 2.05) is 0 Å². The molecule has 2 rings (SSSR count). The van der Waals surface area contributed by atoms with Gasteiger partial charge in [-0.15, -0.1) is 0 Å². The standard InChI is InChI=1S/C13H15NO4S/c1-13(2,3)19(17,18)11-10(15)8-6-4-5-7-9(8)14-12(11)16/h4-7H,1-3H3,(H2,14,15,16). The first-order valence-electron chi connectivity index (χ1n) is 5.75. The van der Waals surface area contributed by atoms with Gasteiger partial charge in [-0.2, -0.15) is 0 Å². The zero-order valence-corrected chi connectivity index (χ0v) is 11.7. The Labute approximate surface area is 110 Å². The van der Waals surface area contributed by atoms with Crippen LogP contribution in [0.1, 0.15) is 20.8 Å². The van der Waals surface area contributed by atoms with E-state index >= 15 is 0 Å². The lowest BCUT2D eigenvalue weighted by Crippen LogP contribution is -2.32. The predicted octanol–water partition coefficient (Wildman–Crippen LogP) is 1.81. The number of H-pyrrole nitrogens is 1. The fourth-order valence-corrected chi connectivity index (χ4v) is 3.04. The van der Waals surface area contributed by atoms with Crippen LogP contribution in [0.5, 0.6) is 5.75 Å². The van der Waals surface area contributed by atoms with Gasteiger partial charge in [-0.05, 0) is 32.9 Å². The Morgan fingerprint density at radius 2 is 1.74 bits per heavy atom. The number of sulfone groups is 1. The van der Waals surface area contributed by atoms with Crippen molar-refractivity contribution in [1.29, 1.82) is 0 Å². The van der Waals surface area contributed by atoms with E-state index in [0.717, 1.165) is 0 Å². The number of aromatic amines is 1. The minimum atomic E-state index is -3.92. The van der Waals surface area contributed by atoms with Crippen LogP contribution in [0.4, 0.5) is 0 Å². The van der Waals surface area contributed by atoms with Gasteiger partial charge in [0.25, 0.3) is 5.56 Å². The van der Waals surface area contributed by atoms with E-state index in [9.17, 15) is 18.3 Å². The molecule has 0 aliphatic carbocycles. The molecule has 5 nitrogen and oxygen atoms in total. The molecule has 1 aromatic heterocycles. The highest BCUT2D eigenvalue weighted by Gasteiger charge is 2.36. The Morgan fingerprint density at radius 1 is 1.16 bits per heavy atom. The van der Waals surface area contributed by atoms with Gasteiger partial charge in [0.15, 0.2) is 14.7 Å². The lowest BCUT2D eigenvalue weighted by Gasteiger charge is -2.19. The summed E-state index contributed by atoms with van der Waals surface area (Å²) < 4.78 is 23.6. The molecule has 0 atom stereocenters. The molecule has 0 aliphatic rings. The van der Waals surface area contributed by atoms with Crippen LogP contribution in [0.3, 0.4) is 0 Å². The van der Waals surface area contributed by atoms with Crippen LogP contribution < -0.4 is 5.56 Å². The molecular weight excluding hydrogens is 266 g/mol. The number of para-hydroxylation sites is 1. The zero-order chi connectivity index (χ0) is 14.4. The van der Waals surface area contributed by atoms with Crippen molar-refractivity contribution in [1.82, 2.24) is 4.98 Å². The van der Waals surface area contributed by atoms with E-state index in [1.54, 1.807) is 24.3 Å². The first kappa shape index (κ1) is 13.6. The average molecular weight is 281 g/mol. The molecule has 0 radical (unpaired) electrons. The molecule has 0 amide bonds. The van der Waals surface area contributed by atoms with Crippen LogP contribution in [0.15, 0.2) is 34.0 Å². The van der Waals surface area contributed by atoms with E-state index in [-0.39, 0.29) is 0 Å². The molecule has 2 aromatic rings. The molecule has 1 aromatic carbocycles. The van der Waals surface area contributed by atoms with E-state index in [1.165, 1.54) is 20.8 Å². The topological polar surface area (TPSA) is 87.2 Å². The number of hydrogen-bond donors (Lipinski definition) is 2. The largest absolute Gasteiger partial charge is 0.506 e. The van der Waals surface area contributed by atoms with Crippen molar-refractivity contribution in [2.24, 2.45) is 0 Å². The lowest BCUT2D eigenvalue weighted by molar-refractivity contribution is 0.460. The van der Waals surface area contributed by atoms with Crippen LogP contribution in [0.25, 0.3) is 10.9 Å². The minimum Gasteiger partial charge on any atom is -0.506 e. The summed E-state index contributed by atoms with van der Waals surface area (Å²) in [6, 6.07) is 6.51. The predicted molar refractivity (Wildman–Crippen MR) is 73.2 cm³/mol. The van der Waals surface area contributed by atoms with E-state index < -0.39 is 30.8 Å². The second-order valence-electron chi connectivity index (χ2n) is 5.29. The summed E-state index contributed by atoms with van der Waals surface area (Å²) in [5.74, 6) is -0.491. The highest BCUT2D eigenvalue weighted by Crippen LogP contribution is 2.32. The highest BCUT2D eigenvalue weighted by atomic mass is 32.2. The molecule has 1 heterocycles. The lowest BCUT2D eigenvalue weighted by atomic mass is 10.2. The van der Waals surface area contributed by atoms with Crippen molar-refractivity contribution in [3.8, 4) is 5.75 Å². The van der Waals surface area contributed by atoms with Gasteiger partial charge in [-0.25, -0.2) is 8.42 Å². The third-order valence-corrected chi connectivity index (χ3v) is 5.46. The second-order valence-corrected chi connectivity index (χ2v) is 7.93. The molecule has 0 fully saturated rings. The first-order valence-corrected chi connectivity index (χ1v) is 7.23. The molecular formula is C13H15NO4S. The molecule has 0 spiro atoms. The van der Waals surface area contributed by atoms with Gasteiger partial charge in [0.1, 0.15) is 5.75 Å². The molecule has 6 heteroatoms. The summed E-state index contributed by atoms with van der Waals surface area (Å²) in [7, 11) is -3.92. The molecule has 2 N–H and O–H groups in total. The van der Waals surface area contributed by atoms with Gasteiger partial charge in [-0.1, -0.05) is 12.1 Å². The van der Waals surface area contributed by atoms with Crippen LogP contribution in [-0.2, 0) is 9.84 Å². The Hall–Kier alpha value is -1.82. The molecule has 102 valence electrons. The number of pyridine rings is 1. The molecule has 0 bridgehead atoms. The minimum absolute atomic E-state index is 0.310. The molecule has 0 unspecified atom stereocenters. The van der Waals surface area contributed by atoms with Crippen LogP contribution in [0, 0.1) is 0 Å². The Kier molecular flexibility index (Phi) is 2.93. The Bertz CT molecular complexity index is 797. The molecule has 0 aliphatic heterocycles. The maximum Gasteiger partial charge on any atom is 0.271 e. The second kappa shape index (κ2) is 4.09. The third-order valence-electron chi connectivity index (χ3n) is 2.93. The molecule has 0 saturated carbocycles. The number of nitrogens with one attached hydrogen (secondary N) is 1. The number of benzene rings is 1. The van der Waals surface area contributed by atoms with E-state index in [0.29, 0.717) is 10.9 Å². The summed E-state index contributed by atoms with van der Waals surface area (Å²) in [6.45, 7) is 4.45. The van der Waals surface area contributed by atoms with Crippen molar-refractivity contribution >= 4 is 20.7 Å². The number of aromatic hydroxyl groups is 1. The smallest absolute Gasteiger partial charge is 0.271 e. The molecule has 19 heavy (non-hydrogen) atoms. The fourth-order valence-electron chi connectivity index (χ4n) is 1.76. The number of fused-ring (bicyclic) bond motifs is 1. The first-order chi connectivity index (χ1) is 8.66. The number of hydrogen-bond acceptors (Lipinski definition) is 4. The van der Waals surface area contributed by atoms with Crippen molar-refractivity contribution in [2.75, 3.05) is 0 Å². The van der Waals surface area contributed by atoms with Gasteiger partial charge in [0, 0.05) is 5.39 Å². The van der Waals surface area contributed by atoms with Crippen LogP contribution in [0.2, 0.25) is 0 Å². The summed E-state index contributed by atoms with van der Waals surface area (Å²) in [4.78, 5) is 13.9. The van der Waals surface area contributed by atoms with Crippen molar-refractivity contribution in [3.05, 3.63) is 34.6 Å². The SMILES string of the molecule is CC(C)(C)S(=O)(=O)c1c(O)c2ccccc2[nH]c1=O. The maximum absolute atomic E-state index is 12.4. The quantitative estimate of drug-likeness (QED) is 0.834. The van der Waals surface area contributed by atoms with Gasteiger partial charge < -0.3 is 10.1 Å². The summed E-state index contributed by atoms with van der Waals surface area (Å²) in [5, 5.41) is 10.4. The summed E-state index contributed by atoms with van der Waals surface area (Å²) in [5.41, 5.74) is -0.399. The highest BCUT2D eigenvalue weighted by molar-refractivity contribution is 7.92. The number of aromatic nitrogens is 1. The summed E-state index contributed by atoms with van der Waals surface area (Å²) >= 11 is 0. The monoisotopic (exact) mass is 281 g/mol. The summed E-state index contributed by atoms with van der Waals surface area (Å²) in [6.07, 6.45) is 0. The van der Waals surface area contributed by atoms with Crippen molar-refractivity contribution in [2.45, 2.75) is 30.4 Å². The van der Waals surface area contributed by atoms with E-state index in [4.69, 9.17) is 0 Å². The van der Waals surface area contributed by atoms with Gasteiger partial charge in [0.2, 0.25) is 0 Å². The van der Waals surface area contributed by atoms with Crippen LogP contribution in [-0.4, -0.2) is 23.3 Å². The van der Waals surface area contributed by atoms with E-state index in [2.05, 4.69) is 4.98 Å². The Morgan fingerprint density at radius 3 is 2.32 bits per heavy atom. The molecule has 0 saturated heterocycles. The fraction of sp³-hybridized carbons (Fsp3) is 0.308. The zero-order valence-electron chi connectivity index (χ0n) is 10.9. The van der Waals surface area contributed by atoms with Gasteiger partial charge >= 0.3 is 0 Å². The average Bonchev–Trinajstić information content (AvgIpc) is 2.27. The van der Waals surface area contributed by atoms with Gasteiger partial charge in [-0.3, -0.25) is 4.79 Å². The normalized spacial score (nSPS) is 12.8. The van der Waals surface area contributed by atoms with Crippen LogP contribution >= 0.6 is 0 Å². The van der Waals surface area contributed by atoms with Gasteiger partial charge in [0.05, 0.1) is 10.3 Å². The number of rotatable bonds is 1. The van der Waals surface area contributed by atoms with Crippen molar-refractivity contribution < 1.29 is 13.5 Å². The Balaban J connectivity index is 2.95. The van der Waals surface area contributed by atoms with Crippen molar-refractivity contribution in [3.63, 3.8) is 0 Å². The third kappa shape index (κ3) is 2.02.